The number of esters is 1. The minimum absolute atomic E-state index is 0.00118. The Kier molecular flexibility index (Phi) is 5.74. The molecule has 66 valence electrons. The van der Waals surface area contributed by atoms with Crippen molar-refractivity contribution in [1.82, 2.24) is 0 Å². The molecule has 0 radical (unpaired) electrons. The molecule has 1 unspecified atom stereocenters. The number of aliphatic hydroxyl groups excluding tert-OH is 1. The Morgan fingerprint density at radius 3 is 2.82 bits per heavy atom. The van der Waals surface area contributed by atoms with Crippen molar-refractivity contribution in [3.8, 4) is 0 Å². The van der Waals surface area contributed by atoms with E-state index in [1.54, 1.807) is 6.92 Å². The van der Waals surface area contributed by atoms with Crippen molar-refractivity contribution in [2.75, 3.05) is 6.61 Å². The number of carbonyl (C=O) groups is 1. The van der Waals surface area contributed by atoms with Gasteiger partial charge in [0.25, 0.3) is 0 Å². The van der Waals surface area contributed by atoms with E-state index in [-0.39, 0.29) is 18.8 Å². The number of hydrogen-bond donors (Lipinski definition) is 1. The lowest BCUT2D eigenvalue weighted by Crippen LogP contribution is -2.05. The van der Waals surface area contributed by atoms with Gasteiger partial charge in [0.05, 0.1) is 6.61 Å². The van der Waals surface area contributed by atoms with Crippen molar-refractivity contribution in [1.29, 1.82) is 0 Å². The number of halogens is 1. The molecule has 3 nitrogen and oxygen atoms in total. The van der Waals surface area contributed by atoms with Crippen molar-refractivity contribution >= 4 is 5.97 Å². The van der Waals surface area contributed by atoms with E-state index in [0.717, 1.165) is 0 Å². The molecule has 0 saturated heterocycles. The molecule has 0 amide bonds. The van der Waals surface area contributed by atoms with Gasteiger partial charge in [0.2, 0.25) is 0 Å². The molecule has 0 spiro atoms. The summed E-state index contributed by atoms with van der Waals surface area (Å²) < 4.78 is 16.3. The van der Waals surface area contributed by atoms with Gasteiger partial charge in [-0.05, 0) is 13.3 Å². The Morgan fingerprint density at radius 2 is 2.36 bits per heavy atom. The first-order valence-electron chi connectivity index (χ1n) is 3.64. The average Bonchev–Trinajstić information content (AvgIpc) is 1.87. The predicted octanol–water partition coefficient (Wildman–Crippen LogP) is 1.01. The molecule has 0 aliphatic heterocycles. The van der Waals surface area contributed by atoms with Crippen LogP contribution in [0.1, 0.15) is 26.2 Å². The van der Waals surface area contributed by atoms with Gasteiger partial charge in [0, 0.05) is 12.8 Å². The maximum atomic E-state index is 11.7. The second-order valence-electron chi connectivity index (χ2n) is 2.13. The van der Waals surface area contributed by atoms with Gasteiger partial charge >= 0.3 is 5.97 Å². The molecule has 11 heavy (non-hydrogen) atoms. The quantitative estimate of drug-likeness (QED) is 0.617. The van der Waals surface area contributed by atoms with Crippen LogP contribution in [0.25, 0.3) is 0 Å². The van der Waals surface area contributed by atoms with Crippen molar-refractivity contribution in [3.63, 3.8) is 0 Å². The lowest BCUT2D eigenvalue weighted by Gasteiger charge is -2.01. The Hall–Kier alpha value is -0.640. The molecule has 1 N–H and O–H groups in total. The van der Waals surface area contributed by atoms with E-state index >= 15 is 0 Å². The van der Waals surface area contributed by atoms with Crippen LogP contribution >= 0.6 is 0 Å². The van der Waals surface area contributed by atoms with Gasteiger partial charge in [0.1, 0.15) is 0 Å². The average molecular weight is 164 g/mol. The second-order valence-corrected chi connectivity index (χ2v) is 2.13. The van der Waals surface area contributed by atoms with Gasteiger partial charge < -0.3 is 9.84 Å². The van der Waals surface area contributed by atoms with Gasteiger partial charge in [-0.2, -0.15) is 0 Å². The summed E-state index contributed by atoms with van der Waals surface area (Å²) in [6, 6.07) is 0. The number of carbonyl (C=O) groups excluding carboxylic acids is 1. The topological polar surface area (TPSA) is 46.5 Å². The second kappa shape index (κ2) is 6.09. The van der Waals surface area contributed by atoms with Gasteiger partial charge in [-0.1, -0.05) is 0 Å². The van der Waals surface area contributed by atoms with Crippen molar-refractivity contribution in [2.24, 2.45) is 0 Å². The van der Waals surface area contributed by atoms with E-state index in [4.69, 9.17) is 5.11 Å². The normalized spacial score (nSPS) is 12.6. The standard InChI is InChI=1S/C7H13FO3/c1-2-11-7(10)5-3-4-6(8)9/h6,9H,2-5H2,1H3. The largest absolute Gasteiger partial charge is 0.466 e. The smallest absolute Gasteiger partial charge is 0.305 e. The highest BCUT2D eigenvalue weighted by Crippen LogP contribution is 2.02. The third-order valence-corrected chi connectivity index (χ3v) is 1.13. The highest BCUT2D eigenvalue weighted by atomic mass is 19.1. The SMILES string of the molecule is CCOC(=O)CCCC(O)F. The lowest BCUT2D eigenvalue weighted by molar-refractivity contribution is -0.143. The number of rotatable bonds is 5. The molecular formula is C7H13FO3. The zero-order chi connectivity index (χ0) is 8.69. The zero-order valence-electron chi connectivity index (χ0n) is 6.55. The van der Waals surface area contributed by atoms with E-state index in [1.807, 2.05) is 0 Å². The summed E-state index contributed by atoms with van der Waals surface area (Å²) in [5.74, 6) is -0.340. The summed E-state index contributed by atoms with van der Waals surface area (Å²) in [5, 5.41) is 8.18. The van der Waals surface area contributed by atoms with Crippen molar-refractivity contribution in [2.45, 2.75) is 32.5 Å². The summed E-state index contributed by atoms with van der Waals surface area (Å²) in [7, 11) is 0. The summed E-state index contributed by atoms with van der Waals surface area (Å²) in [5.41, 5.74) is 0. The van der Waals surface area contributed by atoms with Crippen LogP contribution in [0, 0.1) is 0 Å². The molecule has 0 fully saturated rings. The number of hydrogen-bond acceptors (Lipinski definition) is 3. The van der Waals surface area contributed by atoms with Crippen molar-refractivity contribution in [3.05, 3.63) is 0 Å². The first-order chi connectivity index (χ1) is 5.16. The Labute approximate surface area is 65.2 Å². The van der Waals surface area contributed by atoms with Gasteiger partial charge in [-0.25, -0.2) is 4.39 Å². The van der Waals surface area contributed by atoms with Crippen LogP contribution in [0.4, 0.5) is 4.39 Å². The molecule has 0 aromatic rings. The van der Waals surface area contributed by atoms with Crippen LogP contribution < -0.4 is 0 Å². The van der Waals surface area contributed by atoms with E-state index in [9.17, 15) is 9.18 Å². The maximum absolute atomic E-state index is 11.7. The fourth-order valence-electron chi connectivity index (χ4n) is 0.648. The van der Waals surface area contributed by atoms with E-state index in [1.165, 1.54) is 0 Å². The fourth-order valence-corrected chi connectivity index (χ4v) is 0.648. The van der Waals surface area contributed by atoms with Gasteiger partial charge in [-0.3, -0.25) is 4.79 Å². The molecule has 1 atom stereocenters. The third-order valence-electron chi connectivity index (χ3n) is 1.13. The molecule has 0 heterocycles. The minimum Gasteiger partial charge on any atom is -0.466 e. The van der Waals surface area contributed by atoms with Crippen LogP contribution in [0.3, 0.4) is 0 Å². The van der Waals surface area contributed by atoms with Crippen LogP contribution in [-0.2, 0) is 9.53 Å². The third kappa shape index (κ3) is 7.25. The highest BCUT2D eigenvalue weighted by molar-refractivity contribution is 5.69. The highest BCUT2D eigenvalue weighted by Gasteiger charge is 2.04. The molecule has 0 aliphatic rings. The molecule has 0 aliphatic carbocycles. The van der Waals surface area contributed by atoms with E-state index in [0.29, 0.717) is 13.0 Å². The number of alkyl halides is 1. The molecule has 0 saturated carbocycles. The summed E-state index contributed by atoms with van der Waals surface area (Å²) in [4.78, 5) is 10.6. The van der Waals surface area contributed by atoms with Gasteiger partial charge in [-0.15, -0.1) is 0 Å². The lowest BCUT2D eigenvalue weighted by atomic mass is 10.2. The Balaban J connectivity index is 3.17. The van der Waals surface area contributed by atoms with E-state index in [2.05, 4.69) is 4.74 Å². The monoisotopic (exact) mass is 164 g/mol. The van der Waals surface area contributed by atoms with Crippen molar-refractivity contribution < 1.29 is 19.0 Å². The molecule has 0 aromatic carbocycles. The molecule has 0 rings (SSSR count). The molecule has 0 aromatic heterocycles. The van der Waals surface area contributed by atoms with Crippen LogP contribution in [-0.4, -0.2) is 24.0 Å². The molecule has 4 heteroatoms. The predicted molar refractivity (Wildman–Crippen MR) is 37.6 cm³/mol. The van der Waals surface area contributed by atoms with Gasteiger partial charge in [0.15, 0.2) is 6.36 Å². The number of ether oxygens (including phenoxy) is 1. The fraction of sp³-hybridized carbons (Fsp3) is 0.857. The molecular weight excluding hydrogens is 151 g/mol. The zero-order valence-corrected chi connectivity index (χ0v) is 6.55. The first kappa shape index (κ1) is 10.4. The molecule has 0 bridgehead atoms. The first-order valence-corrected chi connectivity index (χ1v) is 3.64. The Bertz CT molecular complexity index is 114. The summed E-state index contributed by atoms with van der Waals surface area (Å²) >= 11 is 0. The Morgan fingerprint density at radius 1 is 1.73 bits per heavy atom. The van der Waals surface area contributed by atoms with E-state index < -0.39 is 6.36 Å². The number of aliphatic hydroxyl groups is 1. The van der Waals surface area contributed by atoms with Crippen LogP contribution in [0.5, 0.6) is 0 Å². The van der Waals surface area contributed by atoms with Crippen LogP contribution in [0.2, 0.25) is 0 Å². The summed E-state index contributed by atoms with van der Waals surface area (Å²) in [6.45, 7) is 2.05. The summed E-state index contributed by atoms with van der Waals surface area (Å²) in [6.07, 6.45) is -1.31. The minimum atomic E-state index is -1.82. The maximum Gasteiger partial charge on any atom is 0.305 e. The van der Waals surface area contributed by atoms with Crippen LogP contribution in [0.15, 0.2) is 0 Å².